The second-order valence-corrected chi connectivity index (χ2v) is 8.52. The van der Waals surface area contributed by atoms with Gasteiger partial charge in [0, 0.05) is 17.5 Å². The summed E-state index contributed by atoms with van der Waals surface area (Å²) in [5, 5.41) is 21.1. The number of benzene rings is 1. The number of carbonyl (C=O) groups excluding carboxylic acids is 1. The molecule has 1 saturated heterocycles. The Bertz CT molecular complexity index is 696. The van der Waals surface area contributed by atoms with Gasteiger partial charge in [0.05, 0.1) is 31.1 Å². The van der Waals surface area contributed by atoms with Crippen LogP contribution < -0.4 is 4.72 Å². The Hall–Kier alpha value is -1.52. The van der Waals surface area contributed by atoms with Gasteiger partial charge in [-0.3, -0.25) is 10.0 Å². The summed E-state index contributed by atoms with van der Waals surface area (Å²) in [6, 6.07) is 8.30. The molecule has 1 aliphatic rings. The van der Waals surface area contributed by atoms with E-state index in [4.69, 9.17) is 4.74 Å². The number of hydrogen-bond acceptors (Lipinski definition) is 6. The minimum atomic E-state index is -3.40. The van der Waals surface area contributed by atoms with Gasteiger partial charge < -0.3 is 9.84 Å². The van der Waals surface area contributed by atoms with E-state index < -0.39 is 33.6 Å². The van der Waals surface area contributed by atoms with Gasteiger partial charge in [0.15, 0.2) is 0 Å². The predicted octanol–water partition coefficient (Wildman–Crippen LogP) is 0.223. The topological polar surface area (TPSA) is 116 Å². The van der Waals surface area contributed by atoms with Crippen LogP contribution in [0, 0.1) is 5.41 Å². The second-order valence-electron chi connectivity index (χ2n) is 6.43. The zero-order valence-electron chi connectivity index (χ0n) is 14.3. The average Bonchev–Trinajstić information content (AvgIpc) is 2.88. The number of sulfonamides is 1. The molecule has 1 aromatic carbocycles. The van der Waals surface area contributed by atoms with E-state index >= 15 is 0 Å². The fourth-order valence-corrected chi connectivity index (χ4v) is 3.31. The Labute approximate surface area is 147 Å². The summed E-state index contributed by atoms with van der Waals surface area (Å²) in [7, 11) is -3.40. The van der Waals surface area contributed by atoms with E-state index in [9.17, 15) is 23.5 Å². The Morgan fingerprint density at radius 3 is 2.64 bits per heavy atom. The molecule has 1 amide bonds. The molecule has 0 unspecified atom stereocenters. The Kier molecular flexibility index (Phi) is 6.17. The molecule has 8 nitrogen and oxygen atoms in total. The van der Waals surface area contributed by atoms with Gasteiger partial charge in [-0.2, -0.15) is 0 Å². The van der Waals surface area contributed by atoms with Crippen molar-refractivity contribution in [2.45, 2.75) is 26.1 Å². The molecule has 140 valence electrons. The quantitative estimate of drug-likeness (QED) is 0.466. The highest BCUT2D eigenvalue weighted by Gasteiger charge is 2.47. The molecule has 1 aliphatic heterocycles. The minimum Gasteiger partial charge on any atom is -0.390 e. The first-order chi connectivity index (χ1) is 11.7. The predicted molar refractivity (Wildman–Crippen MR) is 90.6 cm³/mol. The summed E-state index contributed by atoms with van der Waals surface area (Å²) in [4.78, 5) is 12.2. The van der Waals surface area contributed by atoms with Gasteiger partial charge >= 0.3 is 0 Å². The Morgan fingerprint density at radius 1 is 1.40 bits per heavy atom. The molecule has 0 spiro atoms. The standard InChI is InChI=1S/C16H24N2O6S/c1-3-25(22,23)17-9-13-14(19)16(2,11-24-13)10-18(21)15(20)12-7-5-4-6-8-12/h4-8,13-14,17,19,21H,3,9-11H2,1-2H3/t13-,14-,16-/m1/s1. The normalized spacial score (nSPS) is 26.6. The molecule has 0 saturated carbocycles. The number of amides is 1. The van der Waals surface area contributed by atoms with Gasteiger partial charge in [0.2, 0.25) is 10.0 Å². The van der Waals surface area contributed by atoms with Crippen molar-refractivity contribution >= 4 is 15.9 Å². The lowest BCUT2D eigenvalue weighted by Crippen LogP contribution is -2.47. The summed E-state index contributed by atoms with van der Waals surface area (Å²) in [6.45, 7) is 3.07. The van der Waals surface area contributed by atoms with E-state index in [1.165, 1.54) is 6.92 Å². The molecule has 1 heterocycles. The number of nitrogens with zero attached hydrogens (tertiary/aromatic N) is 1. The van der Waals surface area contributed by atoms with Crippen LogP contribution in [0.2, 0.25) is 0 Å². The maximum absolute atomic E-state index is 12.2. The molecule has 9 heteroatoms. The average molecular weight is 372 g/mol. The van der Waals surface area contributed by atoms with E-state index in [1.807, 2.05) is 0 Å². The van der Waals surface area contributed by atoms with Crippen LogP contribution in [0.25, 0.3) is 0 Å². The molecule has 3 atom stereocenters. The summed E-state index contributed by atoms with van der Waals surface area (Å²) in [6.07, 6.45) is -1.78. The largest absolute Gasteiger partial charge is 0.390 e. The van der Waals surface area contributed by atoms with Crippen LogP contribution in [0.3, 0.4) is 0 Å². The number of aliphatic hydroxyl groups excluding tert-OH is 1. The zero-order chi connectivity index (χ0) is 18.7. The first kappa shape index (κ1) is 19.8. The van der Waals surface area contributed by atoms with Gasteiger partial charge in [0.1, 0.15) is 0 Å². The van der Waals surface area contributed by atoms with Crippen molar-refractivity contribution in [3.63, 3.8) is 0 Å². The maximum Gasteiger partial charge on any atom is 0.277 e. The number of hydroxylamine groups is 2. The van der Waals surface area contributed by atoms with Gasteiger partial charge in [-0.1, -0.05) is 25.1 Å². The molecule has 0 aliphatic carbocycles. The van der Waals surface area contributed by atoms with Crippen molar-refractivity contribution < 1.29 is 28.3 Å². The molecule has 2 rings (SSSR count). The number of ether oxygens (including phenoxy) is 1. The van der Waals surface area contributed by atoms with Crippen LogP contribution in [0.15, 0.2) is 30.3 Å². The molecule has 1 fully saturated rings. The Balaban J connectivity index is 1.98. The molecular formula is C16H24N2O6S. The lowest BCUT2D eigenvalue weighted by molar-refractivity contribution is -0.0940. The molecular weight excluding hydrogens is 348 g/mol. The molecule has 3 N–H and O–H groups in total. The molecule has 25 heavy (non-hydrogen) atoms. The van der Waals surface area contributed by atoms with E-state index in [1.54, 1.807) is 37.3 Å². The maximum atomic E-state index is 12.2. The van der Waals surface area contributed by atoms with E-state index in [0.29, 0.717) is 10.6 Å². The number of aliphatic hydroxyl groups is 1. The number of hydrogen-bond donors (Lipinski definition) is 3. The van der Waals surface area contributed by atoms with Gasteiger partial charge in [-0.05, 0) is 19.1 Å². The fraction of sp³-hybridized carbons (Fsp3) is 0.562. The molecule has 1 aromatic rings. The number of rotatable bonds is 7. The van der Waals surface area contributed by atoms with Crippen molar-refractivity contribution in [1.29, 1.82) is 0 Å². The van der Waals surface area contributed by atoms with Crippen molar-refractivity contribution in [3.05, 3.63) is 35.9 Å². The van der Waals surface area contributed by atoms with Crippen LogP contribution in [0.4, 0.5) is 0 Å². The second kappa shape index (κ2) is 7.79. The Morgan fingerprint density at radius 2 is 2.04 bits per heavy atom. The highest BCUT2D eigenvalue weighted by Crippen LogP contribution is 2.33. The summed E-state index contributed by atoms with van der Waals surface area (Å²) < 4.78 is 30.9. The highest BCUT2D eigenvalue weighted by atomic mass is 32.2. The van der Waals surface area contributed by atoms with Crippen molar-refractivity contribution in [3.8, 4) is 0 Å². The first-order valence-corrected chi connectivity index (χ1v) is 9.66. The summed E-state index contributed by atoms with van der Waals surface area (Å²) in [5.41, 5.74) is -0.587. The monoisotopic (exact) mass is 372 g/mol. The molecule has 0 radical (unpaired) electrons. The van der Waals surface area contributed by atoms with Crippen LogP contribution in [0.1, 0.15) is 24.2 Å². The third kappa shape index (κ3) is 4.77. The fourth-order valence-electron chi connectivity index (χ4n) is 2.69. The highest BCUT2D eigenvalue weighted by molar-refractivity contribution is 7.89. The zero-order valence-corrected chi connectivity index (χ0v) is 15.1. The number of nitrogens with one attached hydrogen (secondary N) is 1. The smallest absolute Gasteiger partial charge is 0.277 e. The van der Waals surface area contributed by atoms with E-state index in [0.717, 1.165) is 0 Å². The van der Waals surface area contributed by atoms with Crippen molar-refractivity contribution in [2.75, 3.05) is 25.4 Å². The third-order valence-corrected chi connectivity index (χ3v) is 5.71. The van der Waals surface area contributed by atoms with Gasteiger partial charge in [0.25, 0.3) is 5.91 Å². The van der Waals surface area contributed by atoms with Crippen LogP contribution in [0.5, 0.6) is 0 Å². The van der Waals surface area contributed by atoms with Crippen molar-refractivity contribution in [2.24, 2.45) is 5.41 Å². The minimum absolute atomic E-state index is 0.0645. The van der Waals surface area contributed by atoms with Crippen molar-refractivity contribution in [1.82, 2.24) is 9.79 Å². The van der Waals surface area contributed by atoms with E-state index in [2.05, 4.69) is 4.72 Å². The third-order valence-electron chi connectivity index (χ3n) is 4.34. The SMILES string of the molecule is CCS(=O)(=O)NC[C@H]1OC[C@@](C)(CN(O)C(=O)c2ccccc2)[C@@H]1O. The summed E-state index contributed by atoms with van der Waals surface area (Å²) in [5.74, 6) is -0.646. The van der Waals surface area contributed by atoms with Crippen LogP contribution in [-0.4, -0.2) is 67.4 Å². The first-order valence-electron chi connectivity index (χ1n) is 8.01. The molecule has 0 aromatic heterocycles. The molecule has 0 bridgehead atoms. The lowest BCUT2D eigenvalue weighted by Gasteiger charge is -2.31. The number of carbonyl (C=O) groups is 1. The van der Waals surface area contributed by atoms with Gasteiger partial charge in [-0.25, -0.2) is 18.2 Å². The van der Waals surface area contributed by atoms with Crippen LogP contribution >= 0.6 is 0 Å². The van der Waals surface area contributed by atoms with E-state index in [-0.39, 0.29) is 25.4 Å². The lowest BCUT2D eigenvalue weighted by atomic mass is 9.84. The van der Waals surface area contributed by atoms with Gasteiger partial charge in [-0.15, -0.1) is 0 Å². The summed E-state index contributed by atoms with van der Waals surface area (Å²) >= 11 is 0. The van der Waals surface area contributed by atoms with Crippen LogP contribution in [-0.2, 0) is 14.8 Å².